The minimum Gasteiger partial charge on any atom is -0.265 e. The molecule has 0 saturated carbocycles. The first-order valence-electron chi connectivity index (χ1n) is 5.99. The zero-order valence-electron chi connectivity index (χ0n) is 9.95. The number of hydrogen-bond acceptors (Lipinski definition) is 1. The predicted octanol–water partition coefficient (Wildman–Crippen LogP) is 4.41. The van der Waals surface area contributed by atoms with Crippen LogP contribution in [0.2, 0.25) is 0 Å². The number of pyridine rings is 1. The smallest absolute Gasteiger partial charge is 0.0273 e. The maximum Gasteiger partial charge on any atom is 0.0273 e. The van der Waals surface area contributed by atoms with Crippen molar-refractivity contribution in [3.05, 3.63) is 78.1 Å². The van der Waals surface area contributed by atoms with E-state index in [2.05, 4.69) is 59.6 Å². The Hall–Kier alpha value is -2.41. The first-order chi connectivity index (χ1) is 8.92. The van der Waals surface area contributed by atoms with Gasteiger partial charge in [-0.1, -0.05) is 48.6 Å². The zero-order valence-corrected chi connectivity index (χ0v) is 9.95. The number of aromatic nitrogens is 1. The molecule has 1 heteroatoms. The van der Waals surface area contributed by atoms with Crippen LogP contribution in [0.4, 0.5) is 0 Å². The van der Waals surface area contributed by atoms with Crippen LogP contribution in [0.25, 0.3) is 22.9 Å². The van der Waals surface area contributed by atoms with Gasteiger partial charge in [0.15, 0.2) is 0 Å². The van der Waals surface area contributed by atoms with Gasteiger partial charge in [0.05, 0.1) is 0 Å². The molecule has 0 saturated heterocycles. The maximum atomic E-state index is 4.01. The van der Waals surface area contributed by atoms with E-state index in [0.717, 1.165) is 5.56 Å². The highest BCUT2D eigenvalue weighted by Gasteiger charge is 1.92. The molecule has 1 nitrogen and oxygen atoms in total. The second kappa shape index (κ2) is 4.84. The van der Waals surface area contributed by atoms with E-state index in [-0.39, 0.29) is 0 Å². The van der Waals surface area contributed by atoms with Crippen molar-refractivity contribution in [3.8, 4) is 0 Å². The molecule has 18 heavy (non-hydrogen) atoms. The summed E-state index contributed by atoms with van der Waals surface area (Å²) in [4.78, 5) is 4.01. The summed E-state index contributed by atoms with van der Waals surface area (Å²) in [7, 11) is 0. The van der Waals surface area contributed by atoms with Gasteiger partial charge in [0.2, 0.25) is 0 Å². The van der Waals surface area contributed by atoms with Gasteiger partial charge in [-0.15, -0.1) is 0 Å². The van der Waals surface area contributed by atoms with Crippen LogP contribution in [0.1, 0.15) is 11.1 Å². The van der Waals surface area contributed by atoms with Crippen LogP contribution in [0, 0.1) is 0 Å². The van der Waals surface area contributed by atoms with E-state index < -0.39 is 0 Å². The molecule has 0 amide bonds. The molecule has 3 rings (SSSR count). The highest BCUT2D eigenvalue weighted by Crippen LogP contribution is 2.17. The zero-order chi connectivity index (χ0) is 12.2. The van der Waals surface area contributed by atoms with Gasteiger partial charge in [-0.2, -0.15) is 0 Å². The van der Waals surface area contributed by atoms with Gasteiger partial charge in [0.1, 0.15) is 0 Å². The lowest BCUT2D eigenvalue weighted by Gasteiger charge is -1.99. The van der Waals surface area contributed by atoms with Crippen molar-refractivity contribution in [2.24, 2.45) is 0 Å². The molecule has 0 spiro atoms. The van der Waals surface area contributed by atoms with Gasteiger partial charge < -0.3 is 0 Å². The molecule has 0 bridgehead atoms. The molecule has 2 aromatic carbocycles. The van der Waals surface area contributed by atoms with Gasteiger partial charge in [-0.05, 0) is 40.1 Å². The summed E-state index contributed by atoms with van der Waals surface area (Å²) < 4.78 is 0. The van der Waals surface area contributed by atoms with Crippen LogP contribution >= 0.6 is 0 Å². The molecule has 1 heterocycles. The summed E-state index contributed by atoms with van der Waals surface area (Å²) in [5, 5.41) is 2.55. The Kier molecular flexibility index (Phi) is 2.89. The van der Waals surface area contributed by atoms with Crippen molar-refractivity contribution in [2.75, 3.05) is 0 Å². The molecule has 0 fully saturated rings. The Morgan fingerprint density at radius 1 is 0.667 bits per heavy atom. The molecule has 0 unspecified atom stereocenters. The average molecular weight is 231 g/mol. The standard InChI is InChI=1S/C17H13N/c1-2-4-17-13-15(7-8-16(17)3-1)6-5-14-9-11-18-12-10-14/h1-13H/b6-5+. The molecule has 0 atom stereocenters. The van der Waals surface area contributed by atoms with Gasteiger partial charge in [-0.25, -0.2) is 0 Å². The minimum atomic E-state index is 1.16. The average Bonchev–Trinajstić information content (AvgIpc) is 2.46. The van der Waals surface area contributed by atoms with Crippen molar-refractivity contribution in [1.82, 2.24) is 4.98 Å². The molecule has 0 aliphatic heterocycles. The van der Waals surface area contributed by atoms with Gasteiger partial charge in [-0.3, -0.25) is 4.98 Å². The third kappa shape index (κ3) is 2.30. The van der Waals surface area contributed by atoms with E-state index >= 15 is 0 Å². The lowest BCUT2D eigenvalue weighted by molar-refractivity contribution is 1.32. The topological polar surface area (TPSA) is 12.9 Å². The summed E-state index contributed by atoms with van der Waals surface area (Å²) in [6, 6.07) is 18.9. The van der Waals surface area contributed by atoms with Crippen LogP contribution in [0.15, 0.2) is 67.0 Å². The van der Waals surface area contributed by atoms with Crippen molar-refractivity contribution in [1.29, 1.82) is 0 Å². The molecule has 0 N–H and O–H groups in total. The van der Waals surface area contributed by atoms with Gasteiger partial charge in [0.25, 0.3) is 0 Å². The SMILES string of the molecule is C(=C\c1ccc2ccccc2c1)/c1ccncc1. The molecule has 86 valence electrons. The number of benzene rings is 2. The van der Waals surface area contributed by atoms with E-state index in [4.69, 9.17) is 0 Å². The highest BCUT2D eigenvalue weighted by molar-refractivity contribution is 5.85. The summed E-state index contributed by atoms with van der Waals surface area (Å²) in [5.41, 5.74) is 2.38. The third-order valence-electron chi connectivity index (χ3n) is 2.95. The Morgan fingerprint density at radius 3 is 2.22 bits per heavy atom. The third-order valence-corrected chi connectivity index (χ3v) is 2.95. The Labute approximate surface area is 106 Å². The Morgan fingerprint density at radius 2 is 1.39 bits per heavy atom. The first kappa shape index (κ1) is 10.7. The largest absolute Gasteiger partial charge is 0.265 e. The molecule has 0 aliphatic rings. The van der Waals surface area contributed by atoms with Crippen LogP contribution in [0.3, 0.4) is 0 Å². The van der Waals surface area contributed by atoms with Crippen molar-refractivity contribution in [2.45, 2.75) is 0 Å². The van der Waals surface area contributed by atoms with Crippen molar-refractivity contribution in [3.63, 3.8) is 0 Å². The lowest BCUT2D eigenvalue weighted by atomic mass is 10.1. The van der Waals surface area contributed by atoms with Crippen LogP contribution in [0.5, 0.6) is 0 Å². The lowest BCUT2D eigenvalue weighted by Crippen LogP contribution is -1.76. The predicted molar refractivity (Wildman–Crippen MR) is 77.1 cm³/mol. The van der Waals surface area contributed by atoms with E-state index in [9.17, 15) is 0 Å². The van der Waals surface area contributed by atoms with Gasteiger partial charge >= 0.3 is 0 Å². The maximum absolute atomic E-state index is 4.01. The summed E-state index contributed by atoms with van der Waals surface area (Å²) in [6.45, 7) is 0. The fourth-order valence-electron chi connectivity index (χ4n) is 1.98. The fourth-order valence-corrected chi connectivity index (χ4v) is 1.98. The first-order valence-corrected chi connectivity index (χ1v) is 5.99. The Balaban J connectivity index is 1.93. The van der Waals surface area contributed by atoms with Crippen molar-refractivity contribution >= 4 is 22.9 Å². The Bertz CT molecular complexity index is 684. The summed E-state index contributed by atoms with van der Waals surface area (Å²) >= 11 is 0. The number of rotatable bonds is 2. The highest BCUT2D eigenvalue weighted by atomic mass is 14.6. The van der Waals surface area contributed by atoms with Crippen LogP contribution in [-0.2, 0) is 0 Å². The monoisotopic (exact) mass is 231 g/mol. The molecule has 0 radical (unpaired) electrons. The van der Waals surface area contributed by atoms with E-state index in [0.29, 0.717) is 0 Å². The van der Waals surface area contributed by atoms with E-state index in [1.165, 1.54) is 16.3 Å². The van der Waals surface area contributed by atoms with Gasteiger partial charge in [0, 0.05) is 12.4 Å². The normalized spacial score (nSPS) is 11.1. The second-order valence-corrected chi connectivity index (χ2v) is 4.22. The minimum absolute atomic E-state index is 1.16. The number of nitrogens with zero attached hydrogens (tertiary/aromatic N) is 1. The summed E-state index contributed by atoms with van der Waals surface area (Å²) in [6.07, 6.45) is 7.84. The van der Waals surface area contributed by atoms with E-state index in [1.807, 2.05) is 12.1 Å². The van der Waals surface area contributed by atoms with Crippen LogP contribution in [-0.4, -0.2) is 4.98 Å². The fraction of sp³-hybridized carbons (Fsp3) is 0. The van der Waals surface area contributed by atoms with Crippen LogP contribution < -0.4 is 0 Å². The van der Waals surface area contributed by atoms with E-state index in [1.54, 1.807) is 12.4 Å². The molecule has 3 aromatic rings. The molecule has 1 aromatic heterocycles. The second-order valence-electron chi connectivity index (χ2n) is 4.22. The molecule has 0 aliphatic carbocycles. The number of hydrogen-bond donors (Lipinski definition) is 0. The molecular weight excluding hydrogens is 218 g/mol. The van der Waals surface area contributed by atoms with Crippen molar-refractivity contribution < 1.29 is 0 Å². The molecular formula is C17H13N. The summed E-state index contributed by atoms with van der Waals surface area (Å²) in [5.74, 6) is 0. The quantitative estimate of drug-likeness (QED) is 0.636. The number of fused-ring (bicyclic) bond motifs is 1.